The maximum atomic E-state index is 9.07. The maximum Gasteiger partial charge on any atom is 0.237 e. The van der Waals surface area contributed by atoms with Crippen molar-refractivity contribution in [3.8, 4) is 0 Å². The van der Waals surface area contributed by atoms with Gasteiger partial charge >= 0.3 is 0 Å². The third-order valence-corrected chi connectivity index (χ3v) is 3.85. The van der Waals surface area contributed by atoms with Crippen molar-refractivity contribution < 1.29 is 9.63 Å². The predicted molar refractivity (Wildman–Crippen MR) is 68.2 cm³/mol. The molecule has 4 nitrogen and oxygen atoms in total. The van der Waals surface area contributed by atoms with Crippen LogP contribution in [0.2, 0.25) is 0 Å². The molecule has 1 saturated carbocycles. The van der Waals surface area contributed by atoms with Crippen molar-refractivity contribution in [2.24, 2.45) is 0 Å². The first-order valence-corrected chi connectivity index (χ1v) is 6.99. The first kappa shape index (κ1) is 11.7. The highest BCUT2D eigenvalue weighted by molar-refractivity contribution is 7.98. The Morgan fingerprint density at radius 3 is 3.06 bits per heavy atom. The van der Waals surface area contributed by atoms with E-state index < -0.39 is 0 Å². The Kier molecular flexibility index (Phi) is 3.34. The van der Waals surface area contributed by atoms with E-state index in [1.807, 2.05) is 24.3 Å². The summed E-state index contributed by atoms with van der Waals surface area (Å²) >= 11 is 1.64. The van der Waals surface area contributed by atoms with Gasteiger partial charge in [0.25, 0.3) is 0 Å². The Morgan fingerprint density at radius 2 is 2.28 bits per heavy atom. The fourth-order valence-corrected chi connectivity index (χ4v) is 2.53. The van der Waals surface area contributed by atoms with E-state index in [4.69, 9.17) is 9.63 Å². The number of aromatic nitrogens is 2. The van der Waals surface area contributed by atoms with Gasteiger partial charge in [-0.25, -0.2) is 0 Å². The van der Waals surface area contributed by atoms with Crippen molar-refractivity contribution in [1.29, 1.82) is 0 Å². The standard InChI is InChI=1S/C13H14N2O2S/c16-7-9-2-1-3-11(6-9)18-8-12-14-13(15-17-12)10-4-5-10/h1-3,6,10,16H,4-5,7-8H2. The number of aliphatic hydroxyl groups is 1. The average molecular weight is 262 g/mol. The molecule has 0 saturated heterocycles. The molecule has 5 heteroatoms. The lowest BCUT2D eigenvalue weighted by atomic mass is 10.2. The van der Waals surface area contributed by atoms with Crippen molar-refractivity contribution in [2.45, 2.75) is 36.0 Å². The second kappa shape index (κ2) is 5.12. The number of aliphatic hydroxyl groups excluding tert-OH is 1. The summed E-state index contributed by atoms with van der Waals surface area (Å²) in [4.78, 5) is 5.49. The van der Waals surface area contributed by atoms with Gasteiger partial charge < -0.3 is 9.63 Å². The van der Waals surface area contributed by atoms with Crippen LogP contribution in [0.3, 0.4) is 0 Å². The minimum absolute atomic E-state index is 0.0702. The Balaban J connectivity index is 1.61. The molecule has 0 radical (unpaired) electrons. The zero-order valence-corrected chi connectivity index (χ0v) is 10.7. The van der Waals surface area contributed by atoms with Gasteiger partial charge in [-0.15, -0.1) is 11.8 Å². The van der Waals surface area contributed by atoms with Crippen LogP contribution < -0.4 is 0 Å². The van der Waals surface area contributed by atoms with Gasteiger partial charge in [-0.2, -0.15) is 4.98 Å². The molecule has 94 valence electrons. The van der Waals surface area contributed by atoms with Gasteiger partial charge in [0.1, 0.15) is 0 Å². The summed E-state index contributed by atoms with van der Waals surface area (Å²) in [6, 6.07) is 7.84. The minimum atomic E-state index is 0.0702. The van der Waals surface area contributed by atoms with E-state index in [0.29, 0.717) is 17.6 Å². The smallest absolute Gasteiger partial charge is 0.237 e. The molecule has 2 aromatic rings. The van der Waals surface area contributed by atoms with Crippen LogP contribution in [0.25, 0.3) is 0 Å². The van der Waals surface area contributed by atoms with Crippen LogP contribution >= 0.6 is 11.8 Å². The largest absolute Gasteiger partial charge is 0.392 e. The van der Waals surface area contributed by atoms with Gasteiger partial charge in [-0.3, -0.25) is 0 Å². The van der Waals surface area contributed by atoms with Gasteiger partial charge in [0, 0.05) is 10.8 Å². The molecule has 0 amide bonds. The summed E-state index contributed by atoms with van der Waals surface area (Å²) in [5.41, 5.74) is 0.921. The predicted octanol–water partition coefficient (Wildman–Crippen LogP) is 2.73. The highest BCUT2D eigenvalue weighted by Gasteiger charge is 2.28. The summed E-state index contributed by atoms with van der Waals surface area (Å²) in [6.07, 6.45) is 2.37. The summed E-state index contributed by atoms with van der Waals surface area (Å²) in [5.74, 6) is 2.74. The first-order valence-electron chi connectivity index (χ1n) is 6.00. The summed E-state index contributed by atoms with van der Waals surface area (Å²) < 4.78 is 5.21. The Bertz CT molecular complexity index is 537. The van der Waals surface area contributed by atoms with Crippen LogP contribution in [-0.2, 0) is 12.4 Å². The summed E-state index contributed by atoms with van der Waals surface area (Å²) in [6.45, 7) is 0.0702. The average Bonchev–Trinajstić information content (AvgIpc) is 3.16. The maximum absolute atomic E-state index is 9.07. The number of benzene rings is 1. The van der Waals surface area contributed by atoms with Crippen LogP contribution in [0.5, 0.6) is 0 Å². The zero-order chi connectivity index (χ0) is 12.4. The van der Waals surface area contributed by atoms with Crippen LogP contribution in [0.15, 0.2) is 33.7 Å². The fraction of sp³-hybridized carbons (Fsp3) is 0.385. The highest BCUT2D eigenvalue weighted by Crippen LogP contribution is 2.38. The lowest BCUT2D eigenvalue weighted by Gasteiger charge is -2.00. The SMILES string of the molecule is OCc1cccc(SCc2nc(C3CC3)no2)c1. The molecule has 0 atom stereocenters. The van der Waals surface area contributed by atoms with Crippen molar-refractivity contribution in [2.75, 3.05) is 0 Å². The quantitative estimate of drug-likeness (QED) is 0.840. The molecule has 1 fully saturated rings. The number of hydrogen-bond donors (Lipinski definition) is 1. The van der Waals surface area contributed by atoms with E-state index in [1.54, 1.807) is 11.8 Å². The molecule has 0 aliphatic heterocycles. The van der Waals surface area contributed by atoms with E-state index >= 15 is 0 Å². The van der Waals surface area contributed by atoms with E-state index in [1.165, 1.54) is 12.8 Å². The molecule has 0 unspecified atom stereocenters. The highest BCUT2D eigenvalue weighted by atomic mass is 32.2. The van der Waals surface area contributed by atoms with E-state index in [2.05, 4.69) is 10.1 Å². The molecule has 1 aromatic heterocycles. The molecule has 1 heterocycles. The number of hydrogen-bond acceptors (Lipinski definition) is 5. The first-order chi connectivity index (χ1) is 8.85. The Morgan fingerprint density at radius 1 is 1.39 bits per heavy atom. The monoisotopic (exact) mass is 262 g/mol. The minimum Gasteiger partial charge on any atom is -0.392 e. The lowest BCUT2D eigenvalue weighted by molar-refractivity contribution is 0.281. The molecule has 1 N–H and O–H groups in total. The Hall–Kier alpha value is -1.33. The molecule has 1 aliphatic rings. The van der Waals surface area contributed by atoms with Gasteiger partial charge in [-0.05, 0) is 30.5 Å². The van der Waals surface area contributed by atoms with Crippen molar-refractivity contribution in [3.05, 3.63) is 41.5 Å². The number of thioether (sulfide) groups is 1. The van der Waals surface area contributed by atoms with E-state index in [0.717, 1.165) is 16.3 Å². The molecule has 1 aliphatic carbocycles. The fourth-order valence-electron chi connectivity index (χ4n) is 1.71. The van der Waals surface area contributed by atoms with Crippen LogP contribution in [0.4, 0.5) is 0 Å². The molecule has 1 aromatic carbocycles. The lowest BCUT2D eigenvalue weighted by Crippen LogP contribution is -1.85. The van der Waals surface area contributed by atoms with Gasteiger partial charge in [0.05, 0.1) is 12.4 Å². The molecular formula is C13H14N2O2S. The normalized spacial score (nSPS) is 14.9. The van der Waals surface area contributed by atoms with Crippen molar-refractivity contribution in [3.63, 3.8) is 0 Å². The topological polar surface area (TPSA) is 59.2 Å². The third-order valence-electron chi connectivity index (χ3n) is 2.87. The van der Waals surface area contributed by atoms with Crippen LogP contribution in [0, 0.1) is 0 Å². The summed E-state index contributed by atoms with van der Waals surface area (Å²) in [5, 5.41) is 13.1. The van der Waals surface area contributed by atoms with Gasteiger partial charge in [0.2, 0.25) is 5.89 Å². The van der Waals surface area contributed by atoms with Crippen LogP contribution in [-0.4, -0.2) is 15.2 Å². The van der Waals surface area contributed by atoms with Gasteiger partial charge in [0.15, 0.2) is 5.82 Å². The van der Waals surface area contributed by atoms with Crippen molar-refractivity contribution in [1.82, 2.24) is 10.1 Å². The van der Waals surface area contributed by atoms with E-state index in [9.17, 15) is 0 Å². The molecule has 3 rings (SSSR count). The molecular weight excluding hydrogens is 248 g/mol. The number of nitrogens with zero attached hydrogens (tertiary/aromatic N) is 2. The second-order valence-corrected chi connectivity index (χ2v) is 5.46. The second-order valence-electron chi connectivity index (χ2n) is 4.41. The molecule has 18 heavy (non-hydrogen) atoms. The van der Waals surface area contributed by atoms with Crippen LogP contribution in [0.1, 0.15) is 36.0 Å². The Labute approximate surface area is 109 Å². The van der Waals surface area contributed by atoms with Crippen molar-refractivity contribution >= 4 is 11.8 Å². The van der Waals surface area contributed by atoms with E-state index in [-0.39, 0.29) is 6.61 Å². The molecule has 0 bridgehead atoms. The number of rotatable bonds is 5. The summed E-state index contributed by atoms with van der Waals surface area (Å²) in [7, 11) is 0. The molecule has 0 spiro atoms. The zero-order valence-electron chi connectivity index (χ0n) is 9.87. The van der Waals surface area contributed by atoms with Gasteiger partial charge in [-0.1, -0.05) is 17.3 Å². The third kappa shape index (κ3) is 2.73.